The van der Waals surface area contributed by atoms with Crippen molar-refractivity contribution in [2.75, 3.05) is 20.1 Å². The van der Waals surface area contributed by atoms with E-state index in [1.165, 1.54) is 24.3 Å². The molecule has 1 heterocycles. The molecule has 0 aliphatic carbocycles. The number of nitro benzene ring substituents is 1. The van der Waals surface area contributed by atoms with Crippen LogP contribution in [0.4, 0.5) is 10.5 Å². The molecular formula is C13H17ClN2O5. The molecule has 1 saturated heterocycles. The Morgan fingerprint density at radius 3 is 2.38 bits per heavy atom. The Bertz CT molecular complexity index is 486. The largest absolute Gasteiger partial charge is 0.514 e. The Balaban J connectivity index is 0.00000220. The smallest absolute Gasteiger partial charge is 0.431 e. The standard InChI is InChI=1S/C13H16N2O5.ClH/c1-14-8-6-12(7-9-14)20-13(16)19-11-4-2-10(3-5-11)15(17)18;/h2-5,12H,6-9H2,1H3;1H. The number of ether oxygens (including phenoxy) is 2. The molecule has 8 heteroatoms. The summed E-state index contributed by atoms with van der Waals surface area (Å²) in [6.45, 7) is 1.77. The molecule has 0 amide bonds. The molecule has 0 atom stereocenters. The molecule has 1 aliphatic heterocycles. The highest BCUT2D eigenvalue weighted by Crippen LogP contribution is 2.19. The van der Waals surface area contributed by atoms with E-state index in [4.69, 9.17) is 9.47 Å². The summed E-state index contributed by atoms with van der Waals surface area (Å²) in [5, 5.41) is 10.5. The molecule has 21 heavy (non-hydrogen) atoms. The second-order valence-electron chi connectivity index (χ2n) is 4.72. The first-order chi connectivity index (χ1) is 9.54. The van der Waals surface area contributed by atoms with E-state index in [9.17, 15) is 14.9 Å². The first-order valence-electron chi connectivity index (χ1n) is 6.36. The lowest BCUT2D eigenvalue weighted by Gasteiger charge is -2.28. The van der Waals surface area contributed by atoms with Crippen molar-refractivity contribution >= 4 is 24.2 Å². The second-order valence-corrected chi connectivity index (χ2v) is 4.72. The molecule has 0 unspecified atom stereocenters. The molecule has 0 spiro atoms. The number of nitrogens with zero attached hydrogens (tertiary/aromatic N) is 2. The number of nitro groups is 1. The third-order valence-electron chi connectivity index (χ3n) is 3.18. The molecule has 0 bridgehead atoms. The van der Waals surface area contributed by atoms with Crippen LogP contribution in [-0.2, 0) is 4.74 Å². The Morgan fingerprint density at radius 2 is 1.86 bits per heavy atom. The van der Waals surface area contributed by atoms with Crippen molar-refractivity contribution in [1.82, 2.24) is 4.90 Å². The second kappa shape index (κ2) is 7.80. The van der Waals surface area contributed by atoms with Crippen LogP contribution in [0.25, 0.3) is 0 Å². The predicted molar refractivity (Wildman–Crippen MR) is 78.0 cm³/mol. The molecular weight excluding hydrogens is 300 g/mol. The number of likely N-dealkylation sites (tertiary alicyclic amines) is 1. The van der Waals surface area contributed by atoms with E-state index in [1.54, 1.807) is 0 Å². The van der Waals surface area contributed by atoms with Gasteiger partial charge >= 0.3 is 6.16 Å². The number of benzene rings is 1. The molecule has 0 aromatic heterocycles. The molecule has 1 aromatic carbocycles. The molecule has 0 saturated carbocycles. The van der Waals surface area contributed by atoms with Crippen LogP contribution < -0.4 is 4.74 Å². The van der Waals surface area contributed by atoms with Crippen LogP contribution in [0.2, 0.25) is 0 Å². The maximum absolute atomic E-state index is 11.6. The van der Waals surface area contributed by atoms with Crippen molar-refractivity contribution in [3.8, 4) is 5.75 Å². The number of piperidine rings is 1. The van der Waals surface area contributed by atoms with Gasteiger partial charge in [0.05, 0.1) is 4.92 Å². The van der Waals surface area contributed by atoms with Gasteiger partial charge in [-0.2, -0.15) is 0 Å². The van der Waals surface area contributed by atoms with Gasteiger partial charge in [0.1, 0.15) is 11.9 Å². The van der Waals surface area contributed by atoms with E-state index in [2.05, 4.69) is 4.90 Å². The van der Waals surface area contributed by atoms with Crippen LogP contribution >= 0.6 is 12.4 Å². The number of non-ortho nitro benzene ring substituents is 1. The minimum absolute atomic E-state index is 0. The summed E-state index contributed by atoms with van der Waals surface area (Å²) in [5.41, 5.74) is -0.0546. The zero-order chi connectivity index (χ0) is 14.5. The van der Waals surface area contributed by atoms with Crippen molar-refractivity contribution in [2.24, 2.45) is 0 Å². The number of carbonyl (C=O) groups is 1. The summed E-state index contributed by atoms with van der Waals surface area (Å²) < 4.78 is 10.2. The number of carbonyl (C=O) groups excluding carboxylic acids is 1. The van der Waals surface area contributed by atoms with Crippen LogP contribution in [0.15, 0.2) is 24.3 Å². The fourth-order valence-corrected chi connectivity index (χ4v) is 2.00. The highest BCUT2D eigenvalue weighted by atomic mass is 35.5. The minimum atomic E-state index is -0.770. The van der Waals surface area contributed by atoms with Gasteiger partial charge in [0.2, 0.25) is 0 Å². The molecule has 0 N–H and O–H groups in total. The van der Waals surface area contributed by atoms with Crippen molar-refractivity contribution in [2.45, 2.75) is 18.9 Å². The fourth-order valence-electron chi connectivity index (χ4n) is 2.00. The van der Waals surface area contributed by atoms with Gasteiger partial charge in [-0.15, -0.1) is 12.4 Å². The van der Waals surface area contributed by atoms with Crippen LogP contribution in [0, 0.1) is 10.1 Å². The molecule has 1 aliphatic rings. The summed E-state index contributed by atoms with van der Waals surface area (Å²) in [6.07, 6.45) is 0.669. The van der Waals surface area contributed by atoms with Gasteiger partial charge in [-0.1, -0.05) is 0 Å². The quantitative estimate of drug-likeness (QED) is 0.369. The Morgan fingerprint density at radius 1 is 1.29 bits per heavy atom. The Labute approximate surface area is 128 Å². The molecule has 7 nitrogen and oxygen atoms in total. The maximum atomic E-state index is 11.6. The average molecular weight is 317 g/mol. The van der Waals surface area contributed by atoms with Gasteiger partial charge in [0, 0.05) is 25.2 Å². The topological polar surface area (TPSA) is 81.9 Å². The van der Waals surface area contributed by atoms with Gasteiger partial charge < -0.3 is 14.4 Å². The fraction of sp³-hybridized carbons (Fsp3) is 0.462. The van der Waals surface area contributed by atoms with Crippen molar-refractivity contribution in [3.05, 3.63) is 34.4 Å². The first-order valence-corrected chi connectivity index (χ1v) is 6.36. The van der Waals surface area contributed by atoms with E-state index in [0.29, 0.717) is 0 Å². The number of hydrogen-bond donors (Lipinski definition) is 0. The van der Waals surface area contributed by atoms with E-state index >= 15 is 0 Å². The summed E-state index contributed by atoms with van der Waals surface area (Å²) in [4.78, 5) is 23.7. The van der Waals surface area contributed by atoms with Crippen LogP contribution in [0.1, 0.15) is 12.8 Å². The highest BCUT2D eigenvalue weighted by molar-refractivity contribution is 5.85. The Kier molecular flexibility index (Phi) is 6.39. The van der Waals surface area contributed by atoms with Gasteiger partial charge in [-0.3, -0.25) is 10.1 Å². The maximum Gasteiger partial charge on any atom is 0.514 e. The van der Waals surface area contributed by atoms with Gasteiger partial charge in [-0.05, 0) is 32.0 Å². The van der Waals surface area contributed by atoms with E-state index in [-0.39, 0.29) is 29.9 Å². The van der Waals surface area contributed by atoms with Crippen LogP contribution in [0.5, 0.6) is 5.75 Å². The number of halogens is 1. The summed E-state index contributed by atoms with van der Waals surface area (Å²) in [6, 6.07) is 5.29. The molecule has 1 fully saturated rings. The zero-order valence-corrected chi connectivity index (χ0v) is 12.4. The third kappa shape index (κ3) is 5.20. The number of hydrogen-bond acceptors (Lipinski definition) is 6. The van der Waals surface area contributed by atoms with Crippen LogP contribution in [0.3, 0.4) is 0 Å². The lowest BCUT2D eigenvalue weighted by Crippen LogP contribution is -2.35. The zero-order valence-electron chi connectivity index (χ0n) is 11.6. The lowest BCUT2D eigenvalue weighted by atomic mass is 10.1. The molecule has 0 radical (unpaired) electrons. The van der Waals surface area contributed by atoms with Crippen molar-refractivity contribution in [1.29, 1.82) is 0 Å². The summed E-state index contributed by atoms with van der Waals surface area (Å²) >= 11 is 0. The van der Waals surface area contributed by atoms with Gasteiger partial charge in [0.15, 0.2) is 0 Å². The first kappa shape index (κ1) is 17.2. The van der Waals surface area contributed by atoms with E-state index in [0.717, 1.165) is 25.9 Å². The molecule has 1 aromatic rings. The van der Waals surface area contributed by atoms with Crippen molar-refractivity contribution in [3.63, 3.8) is 0 Å². The Hall–Kier alpha value is -1.86. The van der Waals surface area contributed by atoms with Crippen molar-refractivity contribution < 1.29 is 19.2 Å². The van der Waals surface area contributed by atoms with E-state index in [1.807, 2.05) is 7.05 Å². The number of rotatable bonds is 3. The van der Waals surface area contributed by atoms with Crippen LogP contribution in [-0.4, -0.2) is 42.2 Å². The highest BCUT2D eigenvalue weighted by Gasteiger charge is 2.21. The predicted octanol–water partition coefficient (Wildman–Crippen LogP) is 2.63. The van der Waals surface area contributed by atoms with Gasteiger partial charge in [-0.25, -0.2) is 4.79 Å². The monoisotopic (exact) mass is 316 g/mol. The molecule has 116 valence electrons. The third-order valence-corrected chi connectivity index (χ3v) is 3.18. The average Bonchev–Trinajstić information content (AvgIpc) is 2.42. The van der Waals surface area contributed by atoms with E-state index < -0.39 is 11.1 Å². The van der Waals surface area contributed by atoms with Gasteiger partial charge in [0.25, 0.3) is 5.69 Å². The minimum Gasteiger partial charge on any atom is -0.431 e. The normalized spacial score (nSPS) is 15.9. The summed E-state index contributed by atoms with van der Waals surface area (Å²) in [7, 11) is 2.02. The SMILES string of the molecule is CN1CCC(OC(=O)Oc2ccc([N+](=O)[O-])cc2)CC1.Cl. The molecule has 2 rings (SSSR count). The summed E-state index contributed by atoms with van der Waals surface area (Å²) in [5.74, 6) is 0.230. The lowest BCUT2D eigenvalue weighted by molar-refractivity contribution is -0.384.